The van der Waals surface area contributed by atoms with Crippen LogP contribution in [0.25, 0.3) is 0 Å². The van der Waals surface area contributed by atoms with E-state index in [9.17, 15) is 4.79 Å². The van der Waals surface area contributed by atoms with E-state index in [2.05, 4.69) is 22.0 Å². The molecule has 1 aromatic rings. The molecule has 0 spiro atoms. The van der Waals surface area contributed by atoms with E-state index in [1.54, 1.807) is 0 Å². The van der Waals surface area contributed by atoms with Gasteiger partial charge in [-0.15, -0.1) is 0 Å². The van der Waals surface area contributed by atoms with E-state index >= 15 is 0 Å². The Morgan fingerprint density at radius 2 is 1.73 bits per heavy atom. The molecule has 5 nitrogen and oxygen atoms in total. The first-order valence-corrected chi connectivity index (χ1v) is 8.18. The lowest BCUT2D eigenvalue weighted by Crippen LogP contribution is -2.46. The highest BCUT2D eigenvalue weighted by atomic mass is 16.5. The van der Waals surface area contributed by atoms with Gasteiger partial charge in [0.1, 0.15) is 5.75 Å². The number of carbonyl (C=O) groups is 1. The zero-order chi connectivity index (χ0) is 15.8. The second-order valence-electron chi connectivity index (χ2n) is 5.53. The number of rotatable bonds is 7. The van der Waals surface area contributed by atoms with Gasteiger partial charge in [0, 0.05) is 44.8 Å². The molecule has 122 valence electrons. The molecule has 1 heterocycles. The normalized spacial score (nSPS) is 16.5. The van der Waals surface area contributed by atoms with Gasteiger partial charge in [-0.1, -0.05) is 6.92 Å². The summed E-state index contributed by atoms with van der Waals surface area (Å²) in [6, 6.07) is 7.51. The molecular weight excluding hydrogens is 278 g/mol. The lowest BCUT2D eigenvalue weighted by Gasteiger charge is -2.33. The van der Waals surface area contributed by atoms with Gasteiger partial charge in [0.2, 0.25) is 5.91 Å². The van der Waals surface area contributed by atoms with Crippen molar-refractivity contribution in [3.63, 3.8) is 0 Å². The Morgan fingerprint density at radius 3 is 2.32 bits per heavy atom. The fourth-order valence-corrected chi connectivity index (χ4v) is 2.61. The number of anilines is 1. The second kappa shape index (κ2) is 8.76. The molecule has 2 rings (SSSR count). The summed E-state index contributed by atoms with van der Waals surface area (Å²) in [6.45, 7) is 11.1. The number of hydrogen-bond acceptors (Lipinski definition) is 4. The Labute approximate surface area is 133 Å². The van der Waals surface area contributed by atoms with E-state index < -0.39 is 0 Å². The summed E-state index contributed by atoms with van der Waals surface area (Å²) in [5.41, 5.74) is 0.823. The van der Waals surface area contributed by atoms with Crippen molar-refractivity contribution in [3.8, 4) is 5.75 Å². The third-order valence-electron chi connectivity index (χ3n) is 4.02. The molecule has 0 bridgehead atoms. The lowest BCUT2D eigenvalue weighted by molar-refractivity contribution is -0.116. The van der Waals surface area contributed by atoms with Crippen LogP contribution in [0.2, 0.25) is 0 Å². The Balaban J connectivity index is 1.69. The molecule has 5 heteroatoms. The second-order valence-corrected chi connectivity index (χ2v) is 5.53. The van der Waals surface area contributed by atoms with Crippen LogP contribution in [0.3, 0.4) is 0 Å². The van der Waals surface area contributed by atoms with E-state index in [1.165, 1.54) is 0 Å². The minimum absolute atomic E-state index is 0.0714. The van der Waals surface area contributed by atoms with Crippen molar-refractivity contribution in [1.82, 2.24) is 9.80 Å². The highest BCUT2D eigenvalue weighted by Gasteiger charge is 2.16. The summed E-state index contributed by atoms with van der Waals surface area (Å²) in [4.78, 5) is 16.8. The van der Waals surface area contributed by atoms with Crippen LogP contribution >= 0.6 is 0 Å². The van der Waals surface area contributed by atoms with Gasteiger partial charge in [-0.05, 0) is 37.7 Å². The van der Waals surface area contributed by atoms with Crippen LogP contribution < -0.4 is 10.1 Å². The lowest BCUT2D eigenvalue weighted by atomic mass is 10.2. The molecule has 0 saturated carbocycles. The third kappa shape index (κ3) is 5.31. The molecule has 1 aromatic carbocycles. The van der Waals surface area contributed by atoms with Crippen molar-refractivity contribution in [3.05, 3.63) is 24.3 Å². The molecule has 1 amide bonds. The Bertz CT molecular complexity index is 453. The topological polar surface area (TPSA) is 44.8 Å². The summed E-state index contributed by atoms with van der Waals surface area (Å²) in [5.74, 6) is 0.899. The number of benzene rings is 1. The van der Waals surface area contributed by atoms with Crippen LogP contribution in [0.5, 0.6) is 5.75 Å². The minimum atomic E-state index is 0.0714. The van der Waals surface area contributed by atoms with Gasteiger partial charge >= 0.3 is 0 Å². The minimum Gasteiger partial charge on any atom is -0.494 e. The van der Waals surface area contributed by atoms with Crippen LogP contribution in [-0.2, 0) is 4.79 Å². The van der Waals surface area contributed by atoms with Crippen molar-refractivity contribution in [2.75, 3.05) is 51.2 Å². The molecule has 1 N–H and O–H groups in total. The first kappa shape index (κ1) is 16.8. The summed E-state index contributed by atoms with van der Waals surface area (Å²) in [7, 11) is 0. The third-order valence-corrected chi connectivity index (χ3v) is 4.02. The zero-order valence-electron chi connectivity index (χ0n) is 13.7. The number of nitrogens with one attached hydrogen (secondary N) is 1. The van der Waals surface area contributed by atoms with Crippen molar-refractivity contribution in [2.45, 2.75) is 20.3 Å². The fourth-order valence-electron chi connectivity index (χ4n) is 2.61. The van der Waals surface area contributed by atoms with Crippen molar-refractivity contribution >= 4 is 11.6 Å². The number of piperazine rings is 1. The van der Waals surface area contributed by atoms with Crippen molar-refractivity contribution < 1.29 is 9.53 Å². The van der Waals surface area contributed by atoms with Crippen LogP contribution in [0.4, 0.5) is 5.69 Å². The van der Waals surface area contributed by atoms with E-state index in [0.29, 0.717) is 13.0 Å². The van der Waals surface area contributed by atoms with Gasteiger partial charge in [-0.2, -0.15) is 0 Å². The van der Waals surface area contributed by atoms with Crippen LogP contribution in [0.1, 0.15) is 20.3 Å². The molecule has 0 unspecified atom stereocenters. The number of amides is 1. The molecule has 0 radical (unpaired) electrons. The first-order valence-electron chi connectivity index (χ1n) is 8.18. The van der Waals surface area contributed by atoms with Gasteiger partial charge in [0.05, 0.1) is 6.61 Å². The Hall–Kier alpha value is -1.59. The number of nitrogens with zero attached hydrogens (tertiary/aromatic N) is 2. The van der Waals surface area contributed by atoms with Crippen molar-refractivity contribution in [1.29, 1.82) is 0 Å². The fraction of sp³-hybridized carbons (Fsp3) is 0.588. The molecule has 1 aliphatic heterocycles. The van der Waals surface area contributed by atoms with Gasteiger partial charge in [0.25, 0.3) is 0 Å². The van der Waals surface area contributed by atoms with E-state index in [-0.39, 0.29) is 5.91 Å². The number of carbonyl (C=O) groups excluding carboxylic acids is 1. The Morgan fingerprint density at radius 1 is 1.09 bits per heavy atom. The zero-order valence-corrected chi connectivity index (χ0v) is 13.7. The predicted octanol–water partition coefficient (Wildman–Crippen LogP) is 2.05. The molecule has 0 aromatic heterocycles. The summed E-state index contributed by atoms with van der Waals surface area (Å²) >= 11 is 0. The highest BCUT2D eigenvalue weighted by molar-refractivity contribution is 5.90. The summed E-state index contributed by atoms with van der Waals surface area (Å²) in [5, 5.41) is 2.94. The summed E-state index contributed by atoms with van der Waals surface area (Å²) < 4.78 is 5.39. The number of ether oxygens (including phenoxy) is 1. The average molecular weight is 305 g/mol. The largest absolute Gasteiger partial charge is 0.494 e. The van der Waals surface area contributed by atoms with Crippen LogP contribution in [-0.4, -0.2) is 61.6 Å². The van der Waals surface area contributed by atoms with Gasteiger partial charge in [-0.3, -0.25) is 4.79 Å². The molecule has 0 atom stereocenters. The molecule has 1 fully saturated rings. The molecular formula is C17H27N3O2. The van der Waals surface area contributed by atoms with Gasteiger partial charge < -0.3 is 19.9 Å². The SMILES string of the molecule is CCOc1ccc(NC(=O)CCN2CCN(CC)CC2)cc1. The highest BCUT2D eigenvalue weighted by Crippen LogP contribution is 2.15. The van der Waals surface area contributed by atoms with Crippen LogP contribution in [0, 0.1) is 0 Å². The Kier molecular flexibility index (Phi) is 6.68. The monoisotopic (exact) mass is 305 g/mol. The number of hydrogen-bond donors (Lipinski definition) is 1. The van der Waals surface area contributed by atoms with Gasteiger partial charge in [0.15, 0.2) is 0 Å². The molecule has 22 heavy (non-hydrogen) atoms. The van der Waals surface area contributed by atoms with Crippen molar-refractivity contribution in [2.24, 2.45) is 0 Å². The maximum atomic E-state index is 12.0. The van der Waals surface area contributed by atoms with E-state index in [1.807, 2.05) is 31.2 Å². The van der Waals surface area contributed by atoms with E-state index in [4.69, 9.17) is 4.74 Å². The molecule has 1 saturated heterocycles. The number of likely N-dealkylation sites (N-methyl/N-ethyl adjacent to an activating group) is 1. The molecule has 1 aliphatic rings. The average Bonchev–Trinajstić information content (AvgIpc) is 2.55. The first-order chi connectivity index (χ1) is 10.7. The predicted molar refractivity (Wildman–Crippen MR) is 89.4 cm³/mol. The smallest absolute Gasteiger partial charge is 0.225 e. The van der Waals surface area contributed by atoms with E-state index in [0.717, 1.165) is 50.7 Å². The standard InChI is InChI=1S/C17H27N3O2/c1-3-19-11-13-20(14-12-19)10-9-17(21)18-15-5-7-16(8-6-15)22-4-2/h5-8H,3-4,9-14H2,1-2H3,(H,18,21). The molecule has 0 aliphatic carbocycles. The summed E-state index contributed by atoms with van der Waals surface area (Å²) in [6.07, 6.45) is 0.541. The maximum absolute atomic E-state index is 12.0. The van der Waals surface area contributed by atoms with Crippen LogP contribution in [0.15, 0.2) is 24.3 Å². The maximum Gasteiger partial charge on any atom is 0.225 e. The quantitative estimate of drug-likeness (QED) is 0.837. The van der Waals surface area contributed by atoms with Gasteiger partial charge in [-0.25, -0.2) is 0 Å².